The van der Waals surface area contributed by atoms with Crippen LogP contribution in [0.3, 0.4) is 0 Å². The summed E-state index contributed by atoms with van der Waals surface area (Å²) in [7, 11) is 6.64. The first-order valence-corrected chi connectivity index (χ1v) is 6.46. The number of quaternary nitrogens is 1. The summed E-state index contributed by atoms with van der Waals surface area (Å²) < 4.78 is 0.933. The number of nitrogens with two attached hydrogens (primary N) is 1. The lowest BCUT2D eigenvalue weighted by atomic mass is 10.1. The number of hydrogen-bond acceptors (Lipinski definition) is 3. The SMILES string of the molecule is C[N+](C)(C)C1CC(CO)N(c2ccc(N)cc2)C1. The molecule has 18 heavy (non-hydrogen) atoms. The second-order valence-corrected chi connectivity index (χ2v) is 6.09. The minimum absolute atomic E-state index is 0.209. The Balaban J connectivity index is 2.19. The van der Waals surface area contributed by atoms with Crippen molar-refractivity contribution in [1.82, 2.24) is 0 Å². The fourth-order valence-electron chi connectivity index (χ4n) is 2.61. The summed E-state index contributed by atoms with van der Waals surface area (Å²) in [5.41, 5.74) is 7.65. The van der Waals surface area contributed by atoms with E-state index in [9.17, 15) is 5.11 Å². The summed E-state index contributed by atoms with van der Waals surface area (Å²) in [5.74, 6) is 0. The van der Waals surface area contributed by atoms with Crippen molar-refractivity contribution in [3.8, 4) is 0 Å². The Bertz CT molecular complexity index is 396. The van der Waals surface area contributed by atoms with Crippen molar-refractivity contribution in [2.24, 2.45) is 0 Å². The molecule has 2 atom stereocenters. The normalized spacial score (nSPS) is 24.6. The summed E-state index contributed by atoms with van der Waals surface area (Å²) in [5, 5.41) is 9.56. The molecule has 1 aromatic rings. The van der Waals surface area contributed by atoms with Gasteiger partial charge in [0.15, 0.2) is 0 Å². The highest BCUT2D eigenvalue weighted by Gasteiger charge is 2.38. The number of rotatable bonds is 3. The molecule has 0 radical (unpaired) electrons. The average molecular weight is 250 g/mol. The largest absolute Gasteiger partial charge is 0.399 e. The summed E-state index contributed by atoms with van der Waals surface area (Å²) in [4.78, 5) is 2.30. The van der Waals surface area contributed by atoms with E-state index < -0.39 is 0 Å². The van der Waals surface area contributed by atoms with Gasteiger partial charge in [-0.1, -0.05) is 0 Å². The van der Waals surface area contributed by atoms with Crippen molar-refractivity contribution in [2.45, 2.75) is 18.5 Å². The zero-order valence-corrected chi connectivity index (χ0v) is 11.5. The third-order valence-corrected chi connectivity index (χ3v) is 3.92. The number of benzene rings is 1. The Labute approximate surface area is 109 Å². The van der Waals surface area contributed by atoms with Gasteiger partial charge in [-0.05, 0) is 24.3 Å². The van der Waals surface area contributed by atoms with Gasteiger partial charge in [0.2, 0.25) is 0 Å². The van der Waals surface area contributed by atoms with E-state index in [1.807, 2.05) is 24.3 Å². The monoisotopic (exact) mass is 250 g/mol. The number of nitrogens with zero attached hydrogens (tertiary/aromatic N) is 2. The third kappa shape index (κ3) is 2.60. The predicted molar refractivity (Wildman–Crippen MR) is 75.5 cm³/mol. The van der Waals surface area contributed by atoms with Crippen LogP contribution < -0.4 is 10.6 Å². The second kappa shape index (κ2) is 4.78. The van der Waals surface area contributed by atoms with Crippen molar-refractivity contribution in [2.75, 3.05) is 44.9 Å². The van der Waals surface area contributed by atoms with E-state index in [0.717, 1.165) is 28.8 Å². The van der Waals surface area contributed by atoms with Gasteiger partial charge in [0.05, 0.1) is 40.3 Å². The van der Waals surface area contributed by atoms with Gasteiger partial charge in [-0.15, -0.1) is 0 Å². The smallest absolute Gasteiger partial charge is 0.108 e. The Morgan fingerprint density at radius 3 is 2.39 bits per heavy atom. The van der Waals surface area contributed by atoms with Crippen LogP contribution >= 0.6 is 0 Å². The Morgan fingerprint density at radius 1 is 1.28 bits per heavy atom. The number of nitrogen functional groups attached to an aromatic ring is 1. The van der Waals surface area contributed by atoms with Crippen LogP contribution in [0.2, 0.25) is 0 Å². The topological polar surface area (TPSA) is 49.5 Å². The summed E-state index contributed by atoms with van der Waals surface area (Å²) in [6, 6.07) is 8.69. The van der Waals surface area contributed by atoms with Crippen LogP contribution in [0.25, 0.3) is 0 Å². The van der Waals surface area contributed by atoms with Crippen LogP contribution in [0, 0.1) is 0 Å². The molecule has 0 saturated carbocycles. The minimum atomic E-state index is 0.209. The van der Waals surface area contributed by atoms with Gasteiger partial charge in [0, 0.05) is 17.8 Å². The molecule has 1 saturated heterocycles. The molecule has 1 heterocycles. The van der Waals surface area contributed by atoms with Crippen molar-refractivity contribution < 1.29 is 9.59 Å². The van der Waals surface area contributed by atoms with E-state index in [0.29, 0.717) is 6.04 Å². The van der Waals surface area contributed by atoms with Gasteiger partial charge in [0.25, 0.3) is 0 Å². The molecule has 2 unspecified atom stereocenters. The maximum atomic E-state index is 9.56. The highest BCUT2D eigenvalue weighted by Crippen LogP contribution is 2.29. The van der Waals surface area contributed by atoms with Gasteiger partial charge in [0.1, 0.15) is 6.04 Å². The van der Waals surface area contributed by atoms with Gasteiger partial charge in [-0.2, -0.15) is 0 Å². The van der Waals surface area contributed by atoms with Crippen LogP contribution in [-0.4, -0.2) is 56.0 Å². The summed E-state index contributed by atoms with van der Waals surface area (Å²) >= 11 is 0. The van der Waals surface area contributed by atoms with Crippen LogP contribution in [0.1, 0.15) is 6.42 Å². The van der Waals surface area contributed by atoms with E-state index in [1.165, 1.54) is 0 Å². The zero-order chi connectivity index (χ0) is 13.3. The molecule has 0 amide bonds. The zero-order valence-electron chi connectivity index (χ0n) is 11.5. The fourth-order valence-corrected chi connectivity index (χ4v) is 2.61. The lowest BCUT2D eigenvalue weighted by molar-refractivity contribution is -0.893. The van der Waals surface area contributed by atoms with Gasteiger partial charge in [-0.25, -0.2) is 0 Å². The van der Waals surface area contributed by atoms with E-state index in [-0.39, 0.29) is 12.6 Å². The second-order valence-electron chi connectivity index (χ2n) is 6.09. The number of anilines is 2. The molecular weight excluding hydrogens is 226 g/mol. The lowest BCUT2D eigenvalue weighted by Crippen LogP contribution is -2.46. The third-order valence-electron chi connectivity index (χ3n) is 3.92. The van der Waals surface area contributed by atoms with Crippen LogP contribution in [0.15, 0.2) is 24.3 Å². The fraction of sp³-hybridized carbons (Fsp3) is 0.571. The molecule has 1 aromatic carbocycles. The first-order chi connectivity index (χ1) is 8.41. The molecule has 2 rings (SSSR count). The Kier molecular flexibility index (Phi) is 3.50. The van der Waals surface area contributed by atoms with Crippen molar-refractivity contribution in [3.63, 3.8) is 0 Å². The molecule has 1 aliphatic heterocycles. The van der Waals surface area contributed by atoms with Crippen molar-refractivity contribution in [1.29, 1.82) is 0 Å². The van der Waals surface area contributed by atoms with E-state index in [1.54, 1.807) is 0 Å². The lowest BCUT2D eigenvalue weighted by Gasteiger charge is -2.31. The molecule has 4 heteroatoms. The number of aliphatic hydroxyl groups is 1. The number of hydrogen-bond donors (Lipinski definition) is 2. The van der Waals surface area contributed by atoms with Crippen LogP contribution in [0.4, 0.5) is 11.4 Å². The summed E-state index contributed by atoms with van der Waals surface area (Å²) in [6.45, 7) is 1.19. The average Bonchev–Trinajstić information content (AvgIpc) is 2.73. The molecule has 0 bridgehead atoms. The molecule has 0 aliphatic carbocycles. The molecule has 1 aliphatic rings. The van der Waals surface area contributed by atoms with E-state index >= 15 is 0 Å². The van der Waals surface area contributed by atoms with E-state index in [4.69, 9.17) is 5.73 Å². The first kappa shape index (κ1) is 13.2. The summed E-state index contributed by atoms with van der Waals surface area (Å²) in [6.07, 6.45) is 1.03. The van der Waals surface area contributed by atoms with Crippen LogP contribution in [-0.2, 0) is 0 Å². The van der Waals surface area contributed by atoms with Gasteiger partial charge >= 0.3 is 0 Å². The molecule has 100 valence electrons. The highest BCUT2D eigenvalue weighted by atomic mass is 16.3. The molecule has 0 spiro atoms. The maximum Gasteiger partial charge on any atom is 0.108 e. The molecule has 4 nitrogen and oxygen atoms in total. The molecular formula is C14H24N3O+. The van der Waals surface area contributed by atoms with Crippen LogP contribution in [0.5, 0.6) is 0 Å². The Morgan fingerprint density at radius 2 is 1.89 bits per heavy atom. The Hall–Kier alpha value is -1.26. The van der Waals surface area contributed by atoms with Gasteiger partial charge in [-0.3, -0.25) is 0 Å². The molecule has 0 aromatic heterocycles. The highest BCUT2D eigenvalue weighted by molar-refractivity contribution is 5.54. The quantitative estimate of drug-likeness (QED) is 0.619. The van der Waals surface area contributed by atoms with Crippen molar-refractivity contribution >= 4 is 11.4 Å². The predicted octanol–water partition coefficient (Wildman–Crippen LogP) is 0.915. The number of likely N-dealkylation sites (N-methyl/N-ethyl adjacent to an activating group) is 1. The first-order valence-electron chi connectivity index (χ1n) is 6.46. The van der Waals surface area contributed by atoms with Crippen molar-refractivity contribution in [3.05, 3.63) is 24.3 Å². The number of aliphatic hydroxyl groups excluding tert-OH is 1. The van der Waals surface area contributed by atoms with Gasteiger partial charge < -0.3 is 20.2 Å². The standard InChI is InChI=1S/C14H24N3O/c1-17(2,3)14-8-13(10-18)16(9-14)12-6-4-11(15)5-7-12/h4-7,13-14,18H,8-10,15H2,1-3H3/q+1. The maximum absolute atomic E-state index is 9.56. The molecule has 3 N–H and O–H groups in total. The minimum Gasteiger partial charge on any atom is -0.399 e. The van der Waals surface area contributed by atoms with E-state index in [2.05, 4.69) is 26.0 Å². The molecule has 1 fully saturated rings.